The molecule has 3 N–H and O–H groups in total. The summed E-state index contributed by atoms with van der Waals surface area (Å²) in [5, 5.41) is 3.24. The van der Waals surface area contributed by atoms with Crippen LogP contribution in [0.25, 0.3) is 0 Å². The first-order valence-corrected chi connectivity index (χ1v) is 6.62. The Hall–Kier alpha value is -2.21. The van der Waals surface area contributed by atoms with Crippen molar-refractivity contribution in [3.05, 3.63) is 42.0 Å². The zero-order chi connectivity index (χ0) is 14.2. The van der Waals surface area contributed by atoms with Crippen LogP contribution in [-0.4, -0.2) is 28.1 Å². The lowest BCUT2D eigenvalue weighted by atomic mass is 10.2. The lowest BCUT2D eigenvalue weighted by Crippen LogP contribution is -2.10. The summed E-state index contributed by atoms with van der Waals surface area (Å²) in [4.78, 5) is 12.5. The van der Waals surface area contributed by atoms with E-state index in [0.29, 0.717) is 24.9 Å². The van der Waals surface area contributed by atoms with Gasteiger partial charge >= 0.3 is 0 Å². The van der Waals surface area contributed by atoms with E-state index in [1.54, 1.807) is 18.5 Å². The molecule has 0 aliphatic heterocycles. The largest absolute Gasteiger partial charge is 0.384 e. The van der Waals surface area contributed by atoms with E-state index in [1.165, 1.54) is 5.56 Å². The fourth-order valence-corrected chi connectivity index (χ4v) is 1.75. The number of hydrogen-bond donors (Lipinski definition) is 2. The highest BCUT2D eigenvalue weighted by molar-refractivity contribution is 5.44. The quantitative estimate of drug-likeness (QED) is 0.797. The molecule has 2 rings (SSSR count). The maximum atomic E-state index is 5.76. The molecule has 0 saturated carbocycles. The van der Waals surface area contributed by atoms with E-state index in [1.807, 2.05) is 19.1 Å². The molecule has 2 aromatic heterocycles. The van der Waals surface area contributed by atoms with Gasteiger partial charge in [-0.15, -0.1) is 0 Å². The van der Waals surface area contributed by atoms with E-state index in [0.717, 1.165) is 18.8 Å². The van der Waals surface area contributed by atoms with Gasteiger partial charge in [-0.25, -0.2) is 9.97 Å². The second-order valence-electron chi connectivity index (χ2n) is 4.26. The minimum absolute atomic E-state index is 0.376. The fraction of sp³-hybridized carbons (Fsp3) is 0.357. The molecule has 2 aromatic rings. The average Bonchev–Trinajstić information content (AvgIpc) is 2.46. The molecule has 0 aliphatic carbocycles. The number of rotatable bonds is 7. The standard InChI is InChI=1S/C14H19N5O/c1-2-20-10-14-18-12(15)9-13(19-14)17-8-5-11-3-6-16-7-4-11/h3-4,6-7,9H,2,5,8,10H2,1H3,(H3,15,17,18,19). The van der Waals surface area contributed by atoms with E-state index >= 15 is 0 Å². The van der Waals surface area contributed by atoms with Crippen LogP contribution in [-0.2, 0) is 17.8 Å². The maximum Gasteiger partial charge on any atom is 0.158 e. The summed E-state index contributed by atoms with van der Waals surface area (Å²) in [6, 6.07) is 5.72. The van der Waals surface area contributed by atoms with Gasteiger partial charge in [0.15, 0.2) is 5.82 Å². The van der Waals surface area contributed by atoms with Gasteiger partial charge in [0.25, 0.3) is 0 Å². The molecule has 20 heavy (non-hydrogen) atoms. The molecule has 0 aromatic carbocycles. The monoisotopic (exact) mass is 273 g/mol. The summed E-state index contributed by atoms with van der Waals surface area (Å²) >= 11 is 0. The Kier molecular flexibility index (Phi) is 5.25. The van der Waals surface area contributed by atoms with Crippen LogP contribution < -0.4 is 11.1 Å². The van der Waals surface area contributed by atoms with Crippen molar-refractivity contribution in [3.63, 3.8) is 0 Å². The van der Waals surface area contributed by atoms with Crippen molar-refractivity contribution in [1.29, 1.82) is 0 Å². The molecule has 106 valence electrons. The normalized spacial score (nSPS) is 10.4. The second kappa shape index (κ2) is 7.40. The summed E-state index contributed by atoms with van der Waals surface area (Å²) in [5.74, 6) is 1.76. The highest BCUT2D eigenvalue weighted by Crippen LogP contribution is 2.09. The number of nitrogens with one attached hydrogen (secondary N) is 1. The van der Waals surface area contributed by atoms with Crippen LogP contribution in [0.5, 0.6) is 0 Å². The lowest BCUT2D eigenvalue weighted by Gasteiger charge is -2.08. The molecular formula is C14H19N5O. The second-order valence-corrected chi connectivity index (χ2v) is 4.26. The number of nitrogen functional groups attached to an aromatic ring is 1. The van der Waals surface area contributed by atoms with E-state index in [2.05, 4.69) is 20.3 Å². The minimum Gasteiger partial charge on any atom is -0.384 e. The fourth-order valence-electron chi connectivity index (χ4n) is 1.75. The van der Waals surface area contributed by atoms with Gasteiger partial charge in [0.2, 0.25) is 0 Å². The van der Waals surface area contributed by atoms with Gasteiger partial charge in [-0.05, 0) is 31.0 Å². The average molecular weight is 273 g/mol. The third kappa shape index (κ3) is 4.47. The van der Waals surface area contributed by atoms with E-state index in [9.17, 15) is 0 Å². The summed E-state index contributed by atoms with van der Waals surface area (Å²) in [5.41, 5.74) is 6.99. The molecule has 0 spiro atoms. The maximum absolute atomic E-state index is 5.76. The summed E-state index contributed by atoms with van der Waals surface area (Å²) < 4.78 is 5.29. The Bertz CT molecular complexity index is 532. The Morgan fingerprint density at radius 2 is 2.05 bits per heavy atom. The smallest absolute Gasteiger partial charge is 0.158 e. The van der Waals surface area contributed by atoms with Gasteiger partial charge in [-0.1, -0.05) is 0 Å². The number of anilines is 2. The molecule has 0 amide bonds. The van der Waals surface area contributed by atoms with E-state index < -0.39 is 0 Å². The van der Waals surface area contributed by atoms with Gasteiger partial charge in [-0.3, -0.25) is 4.98 Å². The number of nitrogens with zero attached hydrogens (tertiary/aromatic N) is 3. The number of hydrogen-bond acceptors (Lipinski definition) is 6. The lowest BCUT2D eigenvalue weighted by molar-refractivity contribution is 0.128. The molecule has 0 unspecified atom stereocenters. The predicted octanol–water partition coefficient (Wildman–Crippen LogP) is 1.64. The highest BCUT2D eigenvalue weighted by Gasteiger charge is 2.02. The minimum atomic E-state index is 0.376. The number of ether oxygens (including phenoxy) is 1. The van der Waals surface area contributed by atoms with Crippen LogP contribution >= 0.6 is 0 Å². The molecule has 0 radical (unpaired) electrons. The predicted molar refractivity (Wildman–Crippen MR) is 78.2 cm³/mol. The summed E-state index contributed by atoms with van der Waals surface area (Å²) in [7, 11) is 0. The Labute approximate surface area is 118 Å². The summed E-state index contributed by atoms with van der Waals surface area (Å²) in [6.07, 6.45) is 4.48. The zero-order valence-electron chi connectivity index (χ0n) is 11.5. The van der Waals surface area contributed by atoms with Crippen LogP contribution in [0.1, 0.15) is 18.3 Å². The first-order valence-electron chi connectivity index (χ1n) is 6.62. The van der Waals surface area contributed by atoms with Crippen molar-refractivity contribution in [2.45, 2.75) is 20.0 Å². The molecule has 0 aliphatic rings. The van der Waals surface area contributed by atoms with E-state index in [-0.39, 0.29) is 0 Å². The van der Waals surface area contributed by atoms with Gasteiger partial charge in [0.1, 0.15) is 18.2 Å². The van der Waals surface area contributed by atoms with Crippen molar-refractivity contribution in [2.24, 2.45) is 0 Å². The van der Waals surface area contributed by atoms with E-state index in [4.69, 9.17) is 10.5 Å². The van der Waals surface area contributed by atoms with Crippen molar-refractivity contribution in [2.75, 3.05) is 24.2 Å². The Balaban J connectivity index is 1.90. The van der Waals surface area contributed by atoms with Crippen molar-refractivity contribution in [1.82, 2.24) is 15.0 Å². The molecular weight excluding hydrogens is 254 g/mol. The zero-order valence-corrected chi connectivity index (χ0v) is 11.5. The SMILES string of the molecule is CCOCc1nc(N)cc(NCCc2ccncc2)n1. The molecule has 2 heterocycles. The first-order chi connectivity index (χ1) is 9.78. The highest BCUT2D eigenvalue weighted by atomic mass is 16.5. The molecule has 0 bridgehead atoms. The number of pyridine rings is 1. The molecule has 6 nitrogen and oxygen atoms in total. The van der Waals surface area contributed by atoms with Crippen molar-refractivity contribution in [3.8, 4) is 0 Å². The van der Waals surface area contributed by atoms with Crippen LogP contribution in [0.3, 0.4) is 0 Å². The third-order valence-electron chi connectivity index (χ3n) is 2.70. The van der Waals surface area contributed by atoms with Gasteiger partial charge in [-0.2, -0.15) is 0 Å². The van der Waals surface area contributed by atoms with Crippen LogP contribution in [0.2, 0.25) is 0 Å². The first kappa shape index (κ1) is 14.2. The molecule has 0 fully saturated rings. The van der Waals surface area contributed by atoms with Crippen LogP contribution in [0, 0.1) is 0 Å². The number of nitrogens with two attached hydrogens (primary N) is 1. The topological polar surface area (TPSA) is 86.0 Å². The van der Waals surface area contributed by atoms with Gasteiger partial charge in [0.05, 0.1) is 0 Å². The van der Waals surface area contributed by atoms with Gasteiger partial charge < -0.3 is 15.8 Å². The molecule has 0 saturated heterocycles. The van der Waals surface area contributed by atoms with Crippen molar-refractivity contribution >= 4 is 11.6 Å². The molecule has 6 heteroatoms. The number of aromatic nitrogens is 3. The Morgan fingerprint density at radius 3 is 2.80 bits per heavy atom. The van der Waals surface area contributed by atoms with Gasteiger partial charge in [0, 0.05) is 31.6 Å². The molecule has 0 atom stereocenters. The van der Waals surface area contributed by atoms with Crippen LogP contribution in [0.15, 0.2) is 30.6 Å². The summed E-state index contributed by atoms with van der Waals surface area (Å²) in [6.45, 7) is 3.71. The Morgan fingerprint density at radius 1 is 1.25 bits per heavy atom. The van der Waals surface area contributed by atoms with Crippen LogP contribution in [0.4, 0.5) is 11.6 Å². The third-order valence-corrected chi connectivity index (χ3v) is 2.70. The van der Waals surface area contributed by atoms with Crippen molar-refractivity contribution < 1.29 is 4.74 Å².